The first-order chi connectivity index (χ1) is 15.4. The van der Waals surface area contributed by atoms with Gasteiger partial charge in [0.2, 0.25) is 0 Å². The van der Waals surface area contributed by atoms with Crippen molar-refractivity contribution < 1.29 is 9.47 Å². The number of ether oxygens (including phenoxy) is 2. The number of nitrogens with zero attached hydrogens (tertiary/aromatic N) is 3. The van der Waals surface area contributed by atoms with Crippen LogP contribution < -0.4 is 26.0 Å². The van der Waals surface area contributed by atoms with E-state index in [4.69, 9.17) is 14.7 Å². The number of aromatic nitrogens is 2. The van der Waals surface area contributed by atoms with E-state index in [9.17, 15) is 9.59 Å². The van der Waals surface area contributed by atoms with E-state index in [1.165, 1.54) is 16.8 Å². The van der Waals surface area contributed by atoms with Crippen LogP contribution in [0.5, 0.6) is 11.5 Å². The van der Waals surface area contributed by atoms with E-state index >= 15 is 0 Å². The third-order valence-electron chi connectivity index (χ3n) is 5.19. The monoisotopic (exact) mass is 434 g/mol. The molecule has 0 fully saturated rings. The minimum Gasteiger partial charge on any atom is -0.493 e. The van der Waals surface area contributed by atoms with Crippen LogP contribution in [0.1, 0.15) is 29.7 Å². The molecule has 1 aromatic heterocycles. The maximum absolute atomic E-state index is 12.1. The zero-order chi connectivity index (χ0) is 23.1. The van der Waals surface area contributed by atoms with Gasteiger partial charge >= 0.3 is 5.69 Å². The van der Waals surface area contributed by atoms with Crippen molar-refractivity contribution in [3.8, 4) is 17.6 Å². The van der Waals surface area contributed by atoms with Gasteiger partial charge in [0.25, 0.3) is 5.56 Å². The van der Waals surface area contributed by atoms with E-state index in [-0.39, 0.29) is 30.4 Å². The van der Waals surface area contributed by atoms with Crippen LogP contribution in [0, 0.1) is 11.3 Å². The molecule has 0 aliphatic carbocycles. The predicted octanol–water partition coefficient (Wildman–Crippen LogP) is 2.36. The molecule has 8 heteroatoms. The molecule has 0 bridgehead atoms. The lowest BCUT2D eigenvalue weighted by molar-refractivity contribution is 0.275. The van der Waals surface area contributed by atoms with Crippen LogP contribution in [-0.4, -0.2) is 22.9 Å². The molecule has 0 saturated carbocycles. The van der Waals surface area contributed by atoms with E-state index in [1.54, 1.807) is 14.2 Å². The van der Waals surface area contributed by atoms with Gasteiger partial charge in [-0.15, -0.1) is 0 Å². The molecule has 3 rings (SSSR count). The molecular formula is C24H26N4O4. The molecular weight excluding hydrogens is 408 g/mol. The zero-order valence-corrected chi connectivity index (χ0v) is 18.4. The molecule has 0 amide bonds. The third-order valence-corrected chi connectivity index (χ3v) is 5.19. The molecule has 0 spiro atoms. The van der Waals surface area contributed by atoms with Gasteiger partial charge in [0.1, 0.15) is 6.61 Å². The number of hydrogen-bond donors (Lipinski definition) is 1. The normalized spacial score (nSPS) is 11.6. The second-order valence-electron chi connectivity index (χ2n) is 7.37. The molecule has 0 saturated heterocycles. The number of methoxy groups -OCH3 is 1. The van der Waals surface area contributed by atoms with Crippen molar-refractivity contribution in [2.75, 3.05) is 13.7 Å². The molecule has 1 atom stereocenters. The van der Waals surface area contributed by atoms with Crippen LogP contribution in [-0.2, 0) is 20.1 Å². The summed E-state index contributed by atoms with van der Waals surface area (Å²) in [6.07, 6.45) is 1.44. The third kappa shape index (κ3) is 5.45. The van der Waals surface area contributed by atoms with Crippen LogP contribution in [0.15, 0.2) is 64.3 Å². The lowest BCUT2D eigenvalue weighted by atomic mass is 10.1. The first-order valence-corrected chi connectivity index (χ1v) is 10.2. The lowest BCUT2D eigenvalue weighted by Gasteiger charge is -2.16. The highest BCUT2D eigenvalue weighted by molar-refractivity contribution is 5.43. The maximum atomic E-state index is 12.1. The quantitative estimate of drug-likeness (QED) is 0.555. The van der Waals surface area contributed by atoms with E-state index in [2.05, 4.69) is 18.3 Å². The minimum absolute atomic E-state index is 0.108. The topological polar surface area (TPSA) is 98.3 Å². The first kappa shape index (κ1) is 22.8. The van der Waals surface area contributed by atoms with E-state index < -0.39 is 0 Å². The number of hydrogen-bond acceptors (Lipinski definition) is 6. The van der Waals surface area contributed by atoms with Gasteiger partial charge < -0.3 is 19.4 Å². The van der Waals surface area contributed by atoms with Gasteiger partial charge in [-0.25, -0.2) is 4.79 Å². The summed E-state index contributed by atoms with van der Waals surface area (Å²) >= 11 is 0. The number of benzene rings is 2. The largest absolute Gasteiger partial charge is 0.493 e. The van der Waals surface area contributed by atoms with Gasteiger partial charge in [0.05, 0.1) is 25.3 Å². The number of rotatable bonds is 9. The summed E-state index contributed by atoms with van der Waals surface area (Å²) in [4.78, 5) is 24.0. The summed E-state index contributed by atoms with van der Waals surface area (Å²) in [6.45, 7) is 2.98. The fourth-order valence-corrected chi connectivity index (χ4v) is 3.24. The predicted molar refractivity (Wildman–Crippen MR) is 121 cm³/mol. The van der Waals surface area contributed by atoms with Crippen molar-refractivity contribution in [2.24, 2.45) is 7.05 Å². The fraction of sp³-hybridized carbons (Fsp3) is 0.292. The molecule has 32 heavy (non-hydrogen) atoms. The molecule has 2 aromatic carbocycles. The Labute approximate surface area is 186 Å². The molecule has 0 radical (unpaired) electrons. The van der Waals surface area contributed by atoms with Crippen LogP contribution in [0.25, 0.3) is 0 Å². The molecule has 1 unspecified atom stereocenters. The molecule has 1 heterocycles. The van der Waals surface area contributed by atoms with Crippen molar-refractivity contribution in [2.45, 2.75) is 26.1 Å². The number of nitriles is 1. The summed E-state index contributed by atoms with van der Waals surface area (Å²) in [7, 11) is 3.16. The summed E-state index contributed by atoms with van der Waals surface area (Å²) < 4.78 is 13.7. The average Bonchev–Trinajstić information content (AvgIpc) is 2.82. The van der Waals surface area contributed by atoms with Crippen LogP contribution in [0.2, 0.25) is 0 Å². The highest BCUT2D eigenvalue weighted by Crippen LogP contribution is 2.28. The lowest BCUT2D eigenvalue weighted by Crippen LogP contribution is -2.39. The Bertz CT molecular complexity index is 1220. The van der Waals surface area contributed by atoms with Crippen molar-refractivity contribution in [3.05, 3.63) is 92.3 Å². The van der Waals surface area contributed by atoms with E-state index in [0.29, 0.717) is 23.6 Å². The molecule has 0 aliphatic rings. The average molecular weight is 434 g/mol. The first-order valence-electron chi connectivity index (χ1n) is 10.2. The Morgan fingerprint density at radius 3 is 2.53 bits per heavy atom. The summed E-state index contributed by atoms with van der Waals surface area (Å²) in [6, 6.07) is 16.7. The summed E-state index contributed by atoms with van der Waals surface area (Å²) in [5, 5.41) is 12.4. The summed E-state index contributed by atoms with van der Waals surface area (Å²) in [5.41, 5.74) is 2.01. The SMILES string of the molecule is COc1cc(CNC(C)c2ccc(C#N)cc2)ccc1OCCn1c(=O)ccn(C)c1=O. The fourth-order valence-electron chi connectivity index (χ4n) is 3.24. The van der Waals surface area contributed by atoms with Crippen molar-refractivity contribution in [3.63, 3.8) is 0 Å². The molecule has 166 valence electrons. The Morgan fingerprint density at radius 1 is 1.09 bits per heavy atom. The van der Waals surface area contributed by atoms with Crippen molar-refractivity contribution in [1.29, 1.82) is 5.26 Å². The highest BCUT2D eigenvalue weighted by atomic mass is 16.5. The van der Waals surface area contributed by atoms with E-state index in [0.717, 1.165) is 15.7 Å². The molecule has 1 N–H and O–H groups in total. The van der Waals surface area contributed by atoms with Gasteiger partial charge in [-0.05, 0) is 42.3 Å². The van der Waals surface area contributed by atoms with Crippen LogP contribution in [0.4, 0.5) is 0 Å². The Morgan fingerprint density at radius 2 is 1.84 bits per heavy atom. The smallest absolute Gasteiger partial charge is 0.330 e. The van der Waals surface area contributed by atoms with Crippen molar-refractivity contribution >= 4 is 0 Å². The van der Waals surface area contributed by atoms with Gasteiger partial charge in [-0.1, -0.05) is 18.2 Å². The second-order valence-corrected chi connectivity index (χ2v) is 7.37. The molecule has 0 aliphatic heterocycles. The Balaban J connectivity index is 1.60. The van der Waals surface area contributed by atoms with Gasteiger partial charge in [-0.2, -0.15) is 5.26 Å². The zero-order valence-electron chi connectivity index (χ0n) is 18.4. The van der Waals surface area contributed by atoms with Gasteiger partial charge in [0.15, 0.2) is 11.5 Å². The Kier molecular flexibility index (Phi) is 7.47. The number of aryl methyl sites for hydroxylation is 1. The van der Waals surface area contributed by atoms with Gasteiger partial charge in [0, 0.05) is 31.9 Å². The van der Waals surface area contributed by atoms with E-state index in [1.807, 2.05) is 42.5 Å². The van der Waals surface area contributed by atoms with Gasteiger partial charge in [-0.3, -0.25) is 9.36 Å². The minimum atomic E-state index is -0.383. The van der Waals surface area contributed by atoms with Crippen LogP contribution in [0.3, 0.4) is 0 Å². The second kappa shape index (κ2) is 10.5. The molecule has 3 aromatic rings. The molecule has 8 nitrogen and oxygen atoms in total. The standard InChI is InChI=1S/C24H26N4O4/c1-17(20-7-4-18(15-25)5-8-20)26-16-19-6-9-21(22(14-19)31-3)32-13-12-28-23(29)10-11-27(2)24(28)30/h4-11,14,17,26H,12-13,16H2,1-3H3. The maximum Gasteiger partial charge on any atom is 0.330 e. The number of nitrogens with one attached hydrogen (secondary N) is 1. The van der Waals surface area contributed by atoms with Crippen LogP contribution >= 0.6 is 0 Å². The Hall–Kier alpha value is -3.83. The summed E-state index contributed by atoms with van der Waals surface area (Å²) in [5.74, 6) is 1.11. The highest BCUT2D eigenvalue weighted by Gasteiger charge is 2.10. The van der Waals surface area contributed by atoms with Crippen molar-refractivity contribution in [1.82, 2.24) is 14.5 Å².